The summed E-state index contributed by atoms with van der Waals surface area (Å²) in [6.45, 7) is 1.91. The molecule has 0 aliphatic rings. The lowest BCUT2D eigenvalue weighted by Gasteiger charge is -2.05. The zero-order valence-electron chi connectivity index (χ0n) is 12.3. The highest BCUT2D eigenvalue weighted by Crippen LogP contribution is 2.14. The SMILES string of the molecule is Cc1nonc1/C(=N\OCc1ccccn1)c1cccc(F)c1. The van der Waals surface area contributed by atoms with E-state index in [1.54, 1.807) is 25.3 Å². The molecule has 0 spiro atoms. The molecule has 0 aliphatic heterocycles. The van der Waals surface area contributed by atoms with E-state index in [4.69, 9.17) is 9.47 Å². The lowest BCUT2D eigenvalue weighted by molar-refractivity contribution is 0.128. The van der Waals surface area contributed by atoms with Crippen molar-refractivity contribution in [3.63, 3.8) is 0 Å². The molecule has 0 unspecified atom stereocenters. The molecule has 0 saturated heterocycles. The van der Waals surface area contributed by atoms with Crippen LogP contribution in [0.1, 0.15) is 22.6 Å². The molecule has 116 valence electrons. The molecule has 0 atom stereocenters. The van der Waals surface area contributed by atoms with Gasteiger partial charge in [0.25, 0.3) is 0 Å². The highest BCUT2D eigenvalue weighted by Gasteiger charge is 2.17. The van der Waals surface area contributed by atoms with E-state index < -0.39 is 0 Å². The topological polar surface area (TPSA) is 73.4 Å². The van der Waals surface area contributed by atoms with Gasteiger partial charge >= 0.3 is 0 Å². The van der Waals surface area contributed by atoms with Crippen molar-refractivity contribution in [1.82, 2.24) is 15.3 Å². The van der Waals surface area contributed by atoms with Gasteiger partial charge in [-0.2, -0.15) is 0 Å². The standard InChI is InChI=1S/C16H13FN4O2/c1-11-15(21-23-19-11)16(12-5-4-6-13(17)9-12)20-22-10-14-7-2-3-8-18-14/h2-9H,10H2,1H3/b20-16-. The molecule has 0 saturated carbocycles. The summed E-state index contributed by atoms with van der Waals surface area (Å²) in [6, 6.07) is 11.5. The van der Waals surface area contributed by atoms with Gasteiger partial charge in [0.2, 0.25) is 0 Å². The van der Waals surface area contributed by atoms with Crippen LogP contribution in [0.25, 0.3) is 0 Å². The van der Waals surface area contributed by atoms with Crippen LogP contribution in [0.2, 0.25) is 0 Å². The van der Waals surface area contributed by atoms with Crippen LogP contribution in [0.5, 0.6) is 0 Å². The van der Waals surface area contributed by atoms with Gasteiger partial charge in [0.05, 0.1) is 5.69 Å². The average molecular weight is 312 g/mol. The second-order valence-electron chi connectivity index (χ2n) is 4.74. The Balaban J connectivity index is 1.89. The quantitative estimate of drug-likeness (QED) is 0.535. The summed E-state index contributed by atoms with van der Waals surface area (Å²) in [5.74, 6) is -0.381. The predicted octanol–water partition coefficient (Wildman–Crippen LogP) is 2.88. The number of benzene rings is 1. The maximum absolute atomic E-state index is 13.5. The number of aryl methyl sites for hydroxylation is 1. The maximum Gasteiger partial charge on any atom is 0.160 e. The number of pyridine rings is 1. The van der Waals surface area contributed by atoms with Crippen LogP contribution < -0.4 is 0 Å². The van der Waals surface area contributed by atoms with Crippen LogP contribution >= 0.6 is 0 Å². The Labute approximate surface area is 131 Å². The lowest BCUT2D eigenvalue weighted by Crippen LogP contribution is -2.07. The highest BCUT2D eigenvalue weighted by molar-refractivity contribution is 6.11. The summed E-state index contributed by atoms with van der Waals surface area (Å²) in [5, 5.41) is 11.6. The number of hydrogen-bond acceptors (Lipinski definition) is 6. The first-order chi connectivity index (χ1) is 11.2. The molecule has 0 bridgehead atoms. The van der Waals surface area contributed by atoms with Crippen LogP contribution in [-0.2, 0) is 11.4 Å². The van der Waals surface area contributed by atoms with E-state index in [0.717, 1.165) is 5.69 Å². The van der Waals surface area contributed by atoms with Gasteiger partial charge in [-0.05, 0) is 36.3 Å². The first kappa shape index (κ1) is 14.8. The Morgan fingerprint density at radius 1 is 1.22 bits per heavy atom. The Morgan fingerprint density at radius 2 is 2.13 bits per heavy atom. The fourth-order valence-electron chi connectivity index (χ4n) is 1.96. The van der Waals surface area contributed by atoms with E-state index >= 15 is 0 Å². The summed E-state index contributed by atoms with van der Waals surface area (Å²) in [7, 11) is 0. The first-order valence-corrected chi connectivity index (χ1v) is 6.89. The zero-order chi connectivity index (χ0) is 16.1. The van der Waals surface area contributed by atoms with Crippen molar-refractivity contribution in [3.8, 4) is 0 Å². The number of rotatable bonds is 5. The summed E-state index contributed by atoms with van der Waals surface area (Å²) in [6.07, 6.45) is 1.67. The molecule has 23 heavy (non-hydrogen) atoms. The average Bonchev–Trinajstić information content (AvgIpc) is 2.98. The van der Waals surface area contributed by atoms with Gasteiger partial charge in [0.1, 0.15) is 17.2 Å². The number of nitrogens with zero attached hydrogens (tertiary/aromatic N) is 4. The molecule has 3 rings (SSSR count). The maximum atomic E-state index is 13.5. The fourth-order valence-corrected chi connectivity index (χ4v) is 1.96. The second kappa shape index (κ2) is 6.78. The van der Waals surface area contributed by atoms with E-state index in [9.17, 15) is 4.39 Å². The van der Waals surface area contributed by atoms with E-state index in [0.29, 0.717) is 22.7 Å². The Hall–Kier alpha value is -3.09. The molecule has 0 fully saturated rings. The van der Waals surface area contributed by atoms with Gasteiger partial charge in [0, 0.05) is 11.8 Å². The third-order valence-electron chi connectivity index (χ3n) is 3.07. The molecule has 2 heterocycles. The second-order valence-corrected chi connectivity index (χ2v) is 4.74. The normalized spacial score (nSPS) is 11.5. The van der Waals surface area contributed by atoms with Crippen molar-refractivity contribution in [2.45, 2.75) is 13.5 Å². The van der Waals surface area contributed by atoms with Crippen molar-refractivity contribution < 1.29 is 13.9 Å². The Kier molecular flexibility index (Phi) is 4.37. The van der Waals surface area contributed by atoms with E-state index in [1.807, 2.05) is 18.2 Å². The van der Waals surface area contributed by atoms with Gasteiger partial charge in [-0.25, -0.2) is 9.02 Å². The minimum Gasteiger partial charge on any atom is -0.389 e. The first-order valence-electron chi connectivity index (χ1n) is 6.89. The predicted molar refractivity (Wildman–Crippen MR) is 80.1 cm³/mol. The summed E-state index contributed by atoms with van der Waals surface area (Å²) in [5.41, 5.74) is 2.53. The number of hydrogen-bond donors (Lipinski definition) is 0. The summed E-state index contributed by atoms with van der Waals surface area (Å²) < 4.78 is 18.2. The molecule has 3 aromatic rings. The highest BCUT2D eigenvalue weighted by atomic mass is 19.1. The molecule has 0 radical (unpaired) electrons. The fraction of sp³-hybridized carbons (Fsp3) is 0.125. The van der Waals surface area contributed by atoms with Crippen molar-refractivity contribution in [2.24, 2.45) is 5.16 Å². The molecule has 6 nitrogen and oxygen atoms in total. The third-order valence-corrected chi connectivity index (χ3v) is 3.07. The van der Waals surface area contributed by atoms with E-state index in [2.05, 4.69) is 20.5 Å². The van der Waals surface area contributed by atoms with Crippen molar-refractivity contribution in [1.29, 1.82) is 0 Å². The number of halogens is 1. The van der Waals surface area contributed by atoms with Crippen molar-refractivity contribution in [2.75, 3.05) is 0 Å². The molecular formula is C16H13FN4O2. The largest absolute Gasteiger partial charge is 0.389 e. The monoisotopic (exact) mass is 312 g/mol. The zero-order valence-corrected chi connectivity index (χ0v) is 12.3. The third kappa shape index (κ3) is 3.57. The molecule has 0 N–H and O–H groups in total. The van der Waals surface area contributed by atoms with Crippen LogP contribution in [0.4, 0.5) is 4.39 Å². The molecule has 0 amide bonds. The summed E-state index contributed by atoms with van der Waals surface area (Å²) >= 11 is 0. The Morgan fingerprint density at radius 3 is 2.83 bits per heavy atom. The van der Waals surface area contributed by atoms with Crippen LogP contribution in [0, 0.1) is 12.7 Å². The summed E-state index contributed by atoms with van der Waals surface area (Å²) in [4.78, 5) is 9.49. The Bertz CT molecular complexity index is 818. The van der Waals surface area contributed by atoms with Gasteiger partial charge in [-0.15, -0.1) is 0 Å². The van der Waals surface area contributed by atoms with Gasteiger partial charge in [-0.1, -0.05) is 28.5 Å². The molecular weight excluding hydrogens is 299 g/mol. The lowest BCUT2D eigenvalue weighted by atomic mass is 10.1. The van der Waals surface area contributed by atoms with E-state index in [1.165, 1.54) is 12.1 Å². The van der Waals surface area contributed by atoms with Gasteiger partial charge < -0.3 is 4.84 Å². The molecule has 0 aliphatic carbocycles. The molecule has 7 heteroatoms. The minimum atomic E-state index is -0.381. The van der Waals surface area contributed by atoms with Crippen molar-refractivity contribution in [3.05, 3.63) is 77.1 Å². The van der Waals surface area contributed by atoms with Crippen LogP contribution in [0.15, 0.2) is 58.4 Å². The smallest absolute Gasteiger partial charge is 0.160 e. The molecule has 1 aromatic carbocycles. The van der Waals surface area contributed by atoms with Gasteiger partial charge in [-0.3, -0.25) is 4.98 Å². The van der Waals surface area contributed by atoms with Crippen LogP contribution in [-0.4, -0.2) is 21.0 Å². The molecule has 2 aromatic heterocycles. The number of oxime groups is 1. The van der Waals surface area contributed by atoms with Crippen molar-refractivity contribution >= 4 is 5.71 Å². The van der Waals surface area contributed by atoms with E-state index in [-0.39, 0.29) is 12.4 Å². The van der Waals surface area contributed by atoms with Gasteiger partial charge in [0.15, 0.2) is 12.3 Å². The minimum absolute atomic E-state index is 0.185. The number of aromatic nitrogens is 3. The van der Waals surface area contributed by atoms with Crippen LogP contribution in [0.3, 0.4) is 0 Å².